The number of aliphatic carboxylic acids is 1. The molecule has 2 unspecified atom stereocenters. The van der Waals surface area contributed by atoms with E-state index in [1.807, 2.05) is 18.2 Å². The Bertz CT molecular complexity index is 1360. The van der Waals surface area contributed by atoms with Gasteiger partial charge in [-0.05, 0) is 80.9 Å². The van der Waals surface area contributed by atoms with E-state index >= 15 is 0 Å². The fourth-order valence-corrected chi connectivity index (χ4v) is 6.91. The van der Waals surface area contributed by atoms with Crippen molar-refractivity contribution in [3.63, 3.8) is 0 Å². The van der Waals surface area contributed by atoms with Crippen LogP contribution < -0.4 is 0 Å². The molecule has 9 heteroatoms. The standard InChI is InChI=1S/C30H33ClFN3O4/c31-24-5-1-4-22(17-6-7-17)26(24)29(37)35-25-15-20(28(36)34-14-2-3-21(34)16-32)12-13-23(25)27(33-35)18-8-10-19(11-9-18)30(38)39/h1,4-5,8,17,19-21H,2-3,6-7,9-16H2,(H,38,39)/t19?,20?,21-/m0/s1. The van der Waals surface area contributed by atoms with E-state index in [2.05, 4.69) is 0 Å². The lowest BCUT2D eigenvalue weighted by Crippen LogP contribution is -2.42. The minimum atomic E-state index is -0.797. The van der Waals surface area contributed by atoms with Gasteiger partial charge in [0.1, 0.15) is 6.67 Å². The van der Waals surface area contributed by atoms with E-state index in [1.165, 1.54) is 4.68 Å². The minimum Gasteiger partial charge on any atom is -0.481 e. The molecule has 2 heterocycles. The summed E-state index contributed by atoms with van der Waals surface area (Å²) in [4.78, 5) is 40.8. The Morgan fingerprint density at radius 2 is 1.87 bits per heavy atom. The third-order valence-electron chi connectivity index (χ3n) is 8.99. The number of alkyl halides is 1. The average Bonchev–Trinajstić information content (AvgIpc) is 3.56. The van der Waals surface area contributed by atoms with Gasteiger partial charge in [0, 0.05) is 24.4 Å². The van der Waals surface area contributed by atoms with Crippen LogP contribution in [0.25, 0.3) is 5.57 Å². The number of fused-ring (bicyclic) bond motifs is 1. The van der Waals surface area contributed by atoms with Crippen molar-refractivity contribution in [1.82, 2.24) is 14.7 Å². The topological polar surface area (TPSA) is 92.5 Å². The summed E-state index contributed by atoms with van der Waals surface area (Å²) in [5.74, 6) is -1.57. The lowest BCUT2D eigenvalue weighted by atomic mass is 9.82. The summed E-state index contributed by atoms with van der Waals surface area (Å²) in [6.07, 6.45) is 8.54. The first-order chi connectivity index (χ1) is 18.9. The number of hydrogen-bond acceptors (Lipinski definition) is 4. The van der Waals surface area contributed by atoms with E-state index in [0.717, 1.165) is 47.4 Å². The number of aromatic nitrogens is 2. The largest absolute Gasteiger partial charge is 0.481 e. The molecule has 1 aromatic heterocycles. The van der Waals surface area contributed by atoms with E-state index in [-0.39, 0.29) is 23.8 Å². The summed E-state index contributed by atoms with van der Waals surface area (Å²) in [5.41, 5.74) is 4.77. The summed E-state index contributed by atoms with van der Waals surface area (Å²) in [6.45, 7) is 0.0362. The van der Waals surface area contributed by atoms with Crippen LogP contribution in [0.3, 0.4) is 0 Å². The Morgan fingerprint density at radius 1 is 1.08 bits per heavy atom. The Labute approximate surface area is 232 Å². The van der Waals surface area contributed by atoms with E-state index in [4.69, 9.17) is 16.7 Å². The molecule has 1 aromatic carbocycles. The summed E-state index contributed by atoms with van der Waals surface area (Å²) < 4.78 is 15.1. The first kappa shape index (κ1) is 26.2. The lowest BCUT2D eigenvalue weighted by molar-refractivity contribution is -0.142. The van der Waals surface area contributed by atoms with Gasteiger partial charge < -0.3 is 10.0 Å². The molecule has 3 atom stereocenters. The summed E-state index contributed by atoms with van der Waals surface area (Å²) in [5, 5.41) is 14.7. The average molecular weight is 554 g/mol. The molecule has 1 aliphatic heterocycles. The van der Waals surface area contributed by atoms with Crippen LogP contribution >= 0.6 is 11.6 Å². The fourth-order valence-electron chi connectivity index (χ4n) is 6.65. The van der Waals surface area contributed by atoms with Crippen LogP contribution in [-0.4, -0.2) is 56.8 Å². The van der Waals surface area contributed by atoms with Gasteiger partial charge in [0.05, 0.1) is 33.9 Å². The molecule has 2 fully saturated rings. The normalized spacial score (nSPS) is 24.8. The van der Waals surface area contributed by atoms with Crippen LogP contribution in [0.2, 0.25) is 5.02 Å². The zero-order chi connectivity index (χ0) is 27.3. The van der Waals surface area contributed by atoms with Crippen molar-refractivity contribution < 1.29 is 23.9 Å². The second kappa shape index (κ2) is 10.5. The Balaban J connectivity index is 1.39. The molecular formula is C30H33ClFN3O4. The molecule has 1 N–H and O–H groups in total. The predicted molar refractivity (Wildman–Crippen MR) is 145 cm³/mol. The van der Waals surface area contributed by atoms with E-state index < -0.39 is 18.6 Å². The maximum atomic E-state index is 14.1. The van der Waals surface area contributed by atoms with Gasteiger partial charge >= 0.3 is 5.97 Å². The van der Waals surface area contributed by atoms with Crippen molar-refractivity contribution in [3.05, 3.63) is 57.4 Å². The van der Waals surface area contributed by atoms with E-state index in [0.29, 0.717) is 68.0 Å². The highest BCUT2D eigenvalue weighted by Crippen LogP contribution is 2.44. The number of nitrogens with zero attached hydrogens (tertiary/aromatic N) is 3. The van der Waals surface area contributed by atoms with Gasteiger partial charge in [0.2, 0.25) is 5.91 Å². The molecule has 0 bridgehead atoms. The van der Waals surface area contributed by atoms with Crippen molar-refractivity contribution >= 4 is 35.0 Å². The Morgan fingerprint density at radius 3 is 2.56 bits per heavy atom. The number of hydrogen-bond donors (Lipinski definition) is 1. The maximum Gasteiger partial charge on any atom is 0.306 e. The lowest BCUT2D eigenvalue weighted by Gasteiger charge is -2.30. The number of carboxylic acid groups (broad SMARTS) is 1. The van der Waals surface area contributed by atoms with Crippen LogP contribution in [0.5, 0.6) is 0 Å². The van der Waals surface area contributed by atoms with Gasteiger partial charge in [-0.3, -0.25) is 14.4 Å². The Kier molecular flexibility index (Phi) is 7.08. The summed E-state index contributed by atoms with van der Waals surface area (Å²) >= 11 is 6.60. The van der Waals surface area contributed by atoms with Gasteiger partial charge in [-0.25, -0.2) is 4.39 Å². The quantitative estimate of drug-likeness (QED) is 0.514. The fraction of sp³-hybridized carbons (Fsp3) is 0.533. The summed E-state index contributed by atoms with van der Waals surface area (Å²) in [7, 11) is 0. The molecular weight excluding hydrogens is 521 g/mol. The van der Waals surface area contributed by atoms with Crippen LogP contribution in [0.4, 0.5) is 4.39 Å². The number of amides is 1. The summed E-state index contributed by atoms with van der Waals surface area (Å²) in [6, 6.07) is 5.19. The zero-order valence-electron chi connectivity index (χ0n) is 21.9. The van der Waals surface area contributed by atoms with Crippen LogP contribution in [0.1, 0.15) is 90.2 Å². The first-order valence-corrected chi connectivity index (χ1v) is 14.5. The van der Waals surface area contributed by atoms with Gasteiger partial charge in [0.25, 0.3) is 5.91 Å². The highest BCUT2D eigenvalue weighted by Gasteiger charge is 2.39. The predicted octanol–water partition coefficient (Wildman–Crippen LogP) is 5.44. The number of carbonyl (C=O) groups is 3. The smallest absolute Gasteiger partial charge is 0.306 e. The van der Waals surface area contributed by atoms with Crippen LogP contribution in [-0.2, 0) is 22.4 Å². The highest BCUT2D eigenvalue weighted by molar-refractivity contribution is 6.34. The molecule has 0 spiro atoms. The molecule has 7 nitrogen and oxygen atoms in total. The molecule has 2 aromatic rings. The number of carbonyl (C=O) groups excluding carboxylic acids is 2. The molecule has 0 radical (unpaired) electrons. The molecule has 1 saturated heterocycles. The Hall–Kier alpha value is -3.00. The molecule has 39 heavy (non-hydrogen) atoms. The number of benzene rings is 1. The molecule has 206 valence electrons. The van der Waals surface area contributed by atoms with Crippen molar-refractivity contribution in [3.8, 4) is 0 Å². The molecule has 6 rings (SSSR count). The molecule has 4 aliphatic rings. The monoisotopic (exact) mass is 553 g/mol. The second-order valence-electron chi connectivity index (χ2n) is 11.4. The van der Waals surface area contributed by atoms with Crippen molar-refractivity contribution in [2.45, 2.75) is 76.2 Å². The third kappa shape index (κ3) is 4.81. The number of likely N-dealkylation sites (tertiary alicyclic amines) is 1. The number of halogens is 2. The second-order valence-corrected chi connectivity index (χ2v) is 11.8. The highest BCUT2D eigenvalue weighted by atomic mass is 35.5. The van der Waals surface area contributed by atoms with Gasteiger partial charge in [-0.15, -0.1) is 0 Å². The molecule has 3 aliphatic carbocycles. The van der Waals surface area contributed by atoms with Gasteiger partial charge in [-0.2, -0.15) is 9.78 Å². The van der Waals surface area contributed by atoms with Crippen LogP contribution in [0.15, 0.2) is 24.3 Å². The maximum absolute atomic E-state index is 14.1. The van der Waals surface area contributed by atoms with Crippen molar-refractivity contribution in [2.24, 2.45) is 11.8 Å². The van der Waals surface area contributed by atoms with Crippen molar-refractivity contribution in [2.75, 3.05) is 13.2 Å². The van der Waals surface area contributed by atoms with E-state index in [1.54, 1.807) is 11.0 Å². The van der Waals surface area contributed by atoms with Gasteiger partial charge in [-0.1, -0.05) is 29.8 Å². The van der Waals surface area contributed by atoms with Crippen molar-refractivity contribution in [1.29, 1.82) is 0 Å². The van der Waals surface area contributed by atoms with Gasteiger partial charge in [0.15, 0.2) is 0 Å². The molecule has 1 saturated carbocycles. The minimum absolute atomic E-state index is 0.0415. The number of rotatable bonds is 6. The third-order valence-corrected chi connectivity index (χ3v) is 9.31. The van der Waals surface area contributed by atoms with Crippen LogP contribution in [0, 0.1) is 11.8 Å². The molecule has 1 amide bonds. The zero-order valence-corrected chi connectivity index (χ0v) is 22.6. The SMILES string of the molecule is O=C(O)C1CC=C(c2nn(C(=O)c3c(Cl)cccc3C3CC3)c3c2CCC(C(=O)N2CCC[C@H]2CF)C3)CC1. The van der Waals surface area contributed by atoms with E-state index in [9.17, 15) is 23.9 Å². The number of allylic oxidation sites excluding steroid dienone is 2. The number of carboxylic acids is 1. The first-order valence-electron chi connectivity index (χ1n) is 14.1.